The number of halogens is 3. The maximum atomic E-state index is 13.0. The summed E-state index contributed by atoms with van der Waals surface area (Å²) >= 11 is 0. The molecule has 0 N–H and O–H groups in total. The Bertz CT molecular complexity index is 1540. The first-order valence-corrected chi connectivity index (χ1v) is 10.4. The zero-order valence-electron chi connectivity index (χ0n) is 17.9. The number of aryl methyl sites for hydroxylation is 2. The number of hydrogen-bond donors (Lipinski definition) is 0. The number of imidazole rings is 2. The fourth-order valence-electron chi connectivity index (χ4n) is 4.06. The number of hydrogen-bond acceptors (Lipinski definition) is 4. The molecule has 4 aromatic heterocycles. The van der Waals surface area contributed by atoms with Crippen molar-refractivity contribution in [3.05, 3.63) is 70.7 Å². The van der Waals surface area contributed by atoms with Gasteiger partial charge in [-0.25, -0.2) is 19.2 Å². The summed E-state index contributed by atoms with van der Waals surface area (Å²) in [7, 11) is 1.84. The van der Waals surface area contributed by atoms with Crippen LogP contribution in [0.25, 0.3) is 28.2 Å². The molecule has 0 saturated carbocycles. The summed E-state index contributed by atoms with van der Waals surface area (Å²) in [6.45, 7) is 2.67. The van der Waals surface area contributed by atoms with E-state index in [9.17, 15) is 18.0 Å². The van der Waals surface area contributed by atoms with Crippen molar-refractivity contribution < 1.29 is 13.2 Å². The fourth-order valence-corrected chi connectivity index (χ4v) is 4.06. The van der Waals surface area contributed by atoms with Gasteiger partial charge in [0, 0.05) is 32.2 Å². The van der Waals surface area contributed by atoms with Crippen LogP contribution in [0.15, 0.2) is 53.8 Å². The Morgan fingerprint density at radius 3 is 2.73 bits per heavy atom. The molecule has 0 saturated heterocycles. The highest BCUT2D eigenvalue weighted by molar-refractivity contribution is 5.89. The quantitative estimate of drug-likeness (QED) is 0.405. The molecular formula is C22H20F3N7O. The first kappa shape index (κ1) is 21.0. The molecule has 0 bridgehead atoms. The Kier molecular flexibility index (Phi) is 4.84. The average molecular weight is 455 g/mol. The van der Waals surface area contributed by atoms with Gasteiger partial charge in [-0.15, -0.1) is 0 Å². The molecule has 0 unspecified atom stereocenters. The third-order valence-electron chi connectivity index (χ3n) is 5.56. The topological polar surface area (TPSA) is 74.9 Å². The van der Waals surface area contributed by atoms with Crippen LogP contribution in [0.2, 0.25) is 0 Å². The lowest BCUT2D eigenvalue weighted by atomic mass is 10.1. The Labute approximate surface area is 185 Å². The van der Waals surface area contributed by atoms with E-state index in [4.69, 9.17) is 4.98 Å². The number of fused-ring (bicyclic) bond motifs is 3. The monoisotopic (exact) mass is 455 g/mol. The van der Waals surface area contributed by atoms with Crippen LogP contribution in [-0.2, 0) is 26.3 Å². The lowest BCUT2D eigenvalue weighted by Crippen LogP contribution is -2.27. The summed E-state index contributed by atoms with van der Waals surface area (Å²) < 4.78 is 45.6. The van der Waals surface area contributed by atoms with E-state index >= 15 is 0 Å². The third-order valence-corrected chi connectivity index (χ3v) is 5.56. The molecule has 1 aromatic carbocycles. The van der Waals surface area contributed by atoms with Gasteiger partial charge in [0.1, 0.15) is 11.3 Å². The molecule has 0 radical (unpaired) electrons. The molecule has 4 heterocycles. The molecule has 170 valence electrons. The number of aromatic nitrogens is 7. The van der Waals surface area contributed by atoms with Gasteiger partial charge < -0.3 is 4.57 Å². The predicted octanol–water partition coefficient (Wildman–Crippen LogP) is 3.72. The third kappa shape index (κ3) is 3.49. The molecule has 5 aromatic rings. The van der Waals surface area contributed by atoms with Crippen LogP contribution in [0.5, 0.6) is 0 Å². The first-order chi connectivity index (χ1) is 15.8. The lowest BCUT2D eigenvalue weighted by molar-refractivity contribution is -0.137. The maximum absolute atomic E-state index is 13.0. The van der Waals surface area contributed by atoms with Crippen molar-refractivity contribution in [2.75, 3.05) is 0 Å². The summed E-state index contributed by atoms with van der Waals surface area (Å²) in [4.78, 5) is 22.0. The largest absolute Gasteiger partial charge is 0.416 e. The molecule has 0 aliphatic heterocycles. The van der Waals surface area contributed by atoms with Gasteiger partial charge in [0.15, 0.2) is 11.3 Å². The first-order valence-electron chi connectivity index (χ1n) is 10.4. The maximum Gasteiger partial charge on any atom is 0.416 e. The minimum Gasteiger partial charge on any atom is -0.323 e. The molecule has 0 fully saturated rings. The number of alkyl halides is 3. The van der Waals surface area contributed by atoms with Gasteiger partial charge in [0.2, 0.25) is 0 Å². The molecular weight excluding hydrogens is 435 g/mol. The van der Waals surface area contributed by atoms with Crippen molar-refractivity contribution in [1.29, 1.82) is 0 Å². The molecule has 0 aliphatic carbocycles. The summed E-state index contributed by atoms with van der Waals surface area (Å²) in [5.41, 5.74) is 2.03. The molecule has 8 nitrogen and oxygen atoms in total. The number of rotatable bonds is 5. The zero-order chi connectivity index (χ0) is 23.3. The van der Waals surface area contributed by atoms with E-state index in [0.717, 1.165) is 18.6 Å². The van der Waals surface area contributed by atoms with Gasteiger partial charge in [0.25, 0.3) is 0 Å². The van der Waals surface area contributed by atoms with Crippen molar-refractivity contribution >= 4 is 16.8 Å². The van der Waals surface area contributed by atoms with E-state index < -0.39 is 11.7 Å². The van der Waals surface area contributed by atoms with E-state index in [-0.39, 0.29) is 12.2 Å². The predicted molar refractivity (Wildman–Crippen MR) is 116 cm³/mol. The van der Waals surface area contributed by atoms with E-state index in [2.05, 4.69) is 10.1 Å². The van der Waals surface area contributed by atoms with Crippen LogP contribution >= 0.6 is 0 Å². The molecule has 11 heteroatoms. The highest BCUT2D eigenvalue weighted by Gasteiger charge is 2.30. The van der Waals surface area contributed by atoms with Gasteiger partial charge in [-0.2, -0.15) is 18.3 Å². The van der Waals surface area contributed by atoms with E-state index in [0.29, 0.717) is 40.3 Å². The summed E-state index contributed by atoms with van der Waals surface area (Å²) in [5, 5.41) is 4.31. The SMILES string of the molecule is CCCn1c(=O)n2ccnc2c2c1nc(-c1cnn(Cc3cccc(C(F)(F)F)c3)c1)n2C. The molecule has 0 aliphatic rings. The van der Waals surface area contributed by atoms with Gasteiger partial charge in [-0.05, 0) is 24.1 Å². The minimum atomic E-state index is -4.40. The van der Waals surface area contributed by atoms with Gasteiger partial charge in [0.05, 0.1) is 23.9 Å². The Hall–Kier alpha value is -3.89. The lowest BCUT2D eigenvalue weighted by Gasteiger charge is -2.08. The molecule has 0 spiro atoms. The second kappa shape index (κ2) is 7.61. The molecule has 0 atom stereocenters. The summed E-state index contributed by atoms with van der Waals surface area (Å²) in [5.74, 6) is 0.584. The van der Waals surface area contributed by atoms with Gasteiger partial charge in [-0.1, -0.05) is 19.1 Å². The second-order valence-electron chi connectivity index (χ2n) is 7.85. The van der Waals surface area contributed by atoms with Gasteiger partial charge >= 0.3 is 11.9 Å². The van der Waals surface area contributed by atoms with Crippen molar-refractivity contribution in [2.45, 2.75) is 32.6 Å². The standard InChI is InChI=1S/C22H20F3N7O/c1-3-8-31-20-17(19-26-7-9-32(19)21(31)33)29(2)18(28-20)15-11-27-30(13-15)12-14-5-4-6-16(10-14)22(23,24)25/h4-7,9-11,13H,3,8,12H2,1-2H3. The second-order valence-corrected chi connectivity index (χ2v) is 7.85. The molecule has 33 heavy (non-hydrogen) atoms. The molecule has 5 rings (SSSR count). The zero-order valence-corrected chi connectivity index (χ0v) is 17.9. The van der Waals surface area contributed by atoms with Crippen molar-refractivity contribution in [3.63, 3.8) is 0 Å². The van der Waals surface area contributed by atoms with Crippen LogP contribution in [-0.4, -0.2) is 33.3 Å². The molecule has 0 amide bonds. The number of nitrogens with zero attached hydrogens (tertiary/aromatic N) is 7. The van der Waals surface area contributed by atoms with Crippen molar-refractivity contribution in [2.24, 2.45) is 7.05 Å². The fraction of sp³-hybridized carbons (Fsp3) is 0.273. The van der Waals surface area contributed by atoms with Crippen LogP contribution in [0.3, 0.4) is 0 Å². The minimum absolute atomic E-state index is 0.179. The average Bonchev–Trinajstić information content (AvgIpc) is 3.49. The highest BCUT2D eigenvalue weighted by atomic mass is 19.4. The van der Waals surface area contributed by atoms with E-state index in [1.54, 1.807) is 40.1 Å². The van der Waals surface area contributed by atoms with Crippen molar-refractivity contribution in [3.8, 4) is 11.4 Å². The highest BCUT2D eigenvalue weighted by Crippen LogP contribution is 2.30. The van der Waals surface area contributed by atoms with Crippen LogP contribution < -0.4 is 5.69 Å². The van der Waals surface area contributed by atoms with E-state index in [1.807, 2.05) is 18.5 Å². The van der Waals surface area contributed by atoms with Crippen molar-refractivity contribution in [1.82, 2.24) is 33.3 Å². The Morgan fingerprint density at radius 1 is 1.15 bits per heavy atom. The Balaban J connectivity index is 1.57. The summed E-state index contributed by atoms with van der Waals surface area (Å²) in [6, 6.07) is 5.18. The van der Waals surface area contributed by atoms with Crippen LogP contribution in [0, 0.1) is 0 Å². The summed E-state index contributed by atoms with van der Waals surface area (Å²) in [6.07, 6.45) is 2.91. The Morgan fingerprint density at radius 2 is 1.97 bits per heavy atom. The van der Waals surface area contributed by atoms with Crippen LogP contribution in [0.4, 0.5) is 13.2 Å². The van der Waals surface area contributed by atoms with Crippen LogP contribution in [0.1, 0.15) is 24.5 Å². The van der Waals surface area contributed by atoms with Gasteiger partial charge in [-0.3, -0.25) is 9.25 Å². The normalized spacial score (nSPS) is 12.3. The number of benzene rings is 1. The smallest absolute Gasteiger partial charge is 0.323 e. The van der Waals surface area contributed by atoms with E-state index in [1.165, 1.54) is 10.5 Å².